The second-order valence-electron chi connectivity index (χ2n) is 4.10. The quantitative estimate of drug-likeness (QED) is 0.483. The van der Waals surface area contributed by atoms with Gasteiger partial charge in [0.25, 0.3) is 0 Å². The molecule has 2 rings (SSSR count). The average molecular weight is 134 g/mol. The van der Waals surface area contributed by atoms with E-state index in [1.165, 1.54) is 19.3 Å². The van der Waals surface area contributed by atoms with Crippen LogP contribution in [0.5, 0.6) is 0 Å². The van der Waals surface area contributed by atoms with Crippen LogP contribution in [0.3, 0.4) is 0 Å². The Morgan fingerprint density at radius 2 is 2.10 bits per heavy atom. The molecule has 0 nitrogen and oxygen atoms in total. The van der Waals surface area contributed by atoms with Gasteiger partial charge in [0.1, 0.15) is 0 Å². The average Bonchev–Trinajstić information content (AvgIpc) is 2.41. The molecule has 1 atom stereocenters. The lowest BCUT2D eigenvalue weighted by atomic mass is 9.91. The van der Waals surface area contributed by atoms with E-state index in [1.54, 1.807) is 0 Å². The van der Waals surface area contributed by atoms with E-state index < -0.39 is 0 Å². The van der Waals surface area contributed by atoms with Gasteiger partial charge in [0, 0.05) is 11.3 Å². The Hall–Kier alpha value is -0.440. The summed E-state index contributed by atoms with van der Waals surface area (Å²) in [5, 5.41) is 0. The highest BCUT2D eigenvalue weighted by Gasteiger charge is 2.45. The molecule has 1 saturated carbocycles. The molecule has 0 saturated heterocycles. The SMILES string of the molecule is CC(C)C1C#CC2(CC2)C1. The van der Waals surface area contributed by atoms with Gasteiger partial charge in [0.05, 0.1) is 0 Å². The lowest BCUT2D eigenvalue weighted by molar-refractivity contribution is 0.413. The van der Waals surface area contributed by atoms with Crippen molar-refractivity contribution in [1.29, 1.82) is 0 Å². The normalized spacial score (nSPS) is 32.5. The van der Waals surface area contributed by atoms with E-state index >= 15 is 0 Å². The van der Waals surface area contributed by atoms with Crippen molar-refractivity contribution in [3.8, 4) is 11.8 Å². The third-order valence-corrected chi connectivity index (χ3v) is 2.79. The van der Waals surface area contributed by atoms with Crippen molar-refractivity contribution in [3.63, 3.8) is 0 Å². The molecular weight excluding hydrogens is 120 g/mol. The standard InChI is InChI=1S/C10H14/c1-8(2)9-3-4-10(7-9)5-6-10/h8-9H,5-7H2,1-2H3. The lowest BCUT2D eigenvalue weighted by Crippen LogP contribution is -2.06. The first-order chi connectivity index (χ1) is 4.72. The summed E-state index contributed by atoms with van der Waals surface area (Å²) in [5.41, 5.74) is 0.537. The molecule has 0 amide bonds. The molecule has 0 heterocycles. The summed E-state index contributed by atoms with van der Waals surface area (Å²) in [5.74, 6) is 8.23. The first-order valence-electron chi connectivity index (χ1n) is 4.25. The molecule has 0 heteroatoms. The van der Waals surface area contributed by atoms with Crippen LogP contribution in [-0.4, -0.2) is 0 Å². The van der Waals surface area contributed by atoms with Gasteiger partial charge in [-0.3, -0.25) is 0 Å². The van der Waals surface area contributed by atoms with E-state index in [4.69, 9.17) is 0 Å². The van der Waals surface area contributed by atoms with Gasteiger partial charge in [0.2, 0.25) is 0 Å². The van der Waals surface area contributed by atoms with E-state index in [1.807, 2.05) is 0 Å². The second kappa shape index (κ2) is 1.78. The highest BCUT2D eigenvalue weighted by atomic mass is 14.5. The zero-order valence-corrected chi connectivity index (χ0v) is 6.78. The van der Waals surface area contributed by atoms with Crippen molar-refractivity contribution in [2.75, 3.05) is 0 Å². The van der Waals surface area contributed by atoms with Gasteiger partial charge in [-0.25, -0.2) is 0 Å². The Kier molecular flexibility index (Phi) is 1.12. The van der Waals surface area contributed by atoms with Crippen LogP contribution in [0.1, 0.15) is 33.1 Å². The molecule has 0 aromatic heterocycles. The molecular formula is C10H14. The highest BCUT2D eigenvalue weighted by molar-refractivity contribution is 5.27. The van der Waals surface area contributed by atoms with Gasteiger partial charge in [0.15, 0.2) is 0 Å². The first kappa shape index (κ1) is 6.28. The Morgan fingerprint density at radius 3 is 2.40 bits per heavy atom. The molecule has 0 bridgehead atoms. The van der Waals surface area contributed by atoms with Gasteiger partial charge >= 0.3 is 0 Å². The molecule has 1 spiro atoms. The topological polar surface area (TPSA) is 0 Å². The Labute approximate surface area is 63.0 Å². The molecule has 0 aromatic rings. The van der Waals surface area contributed by atoms with Crippen LogP contribution in [0.15, 0.2) is 0 Å². The highest BCUT2D eigenvalue weighted by Crippen LogP contribution is 2.53. The van der Waals surface area contributed by atoms with Crippen LogP contribution in [0.2, 0.25) is 0 Å². The van der Waals surface area contributed by atoms with Crippen molar-refractivity contribution in [2.45, 2.75) is 33.1 Å². The minimum Gasteiger partial charge on any atom is -0.0990 e. The Balaban J connectivity index is 2.04. The van der Waals surface area contributed by atoms with Gasteiger partial charge in [-0.1, -0.05) is 25.7 Å². The van der Waals surface area contributed by atoms with Crippen LogP contribution < -0.4 is 0 Å². The zero-order chi connectivity index (χ0) is 7.19. The van der Waals surface area contributed by atoms with E-state index in [9.17, 15) is 0 Å². The summed E-state index contributed by atoms with van der Waals surface area (Å²) in [6, 6.07) is 0. The minimum atomic E-state index is 0.537. The third-order valence-electron chi connectivity index (χ3n) is 2.79. The van der Waals surface area contributed by atoms with E-state index in [0.717, 1.165) is 5.92 Å². The summed E-state index contributed by atoms with van der Waals surface area (Å²) >= 11 is 0. The molecule has 2 aliphatic carbocycles. The maximum atomic E-state index is 3.39. The maximum absolute atomic E-state index is 3.39. The summed E-state index contributed by atoms with van der Waals surface area (Å²) in [4.78, 5) is 0. The van der Waals surface area contributed by atoms with Gasteiger partial charge in [-0.2, -0.15) is 0 Å². The maximum Gasteiger partial charge on any atom is 0.0327 e. The molecule has 0 aliphatic heterocycles. The molecule has 1 unspecified atom stereocenters. The predicted molar refractivity (Wildman–Crippen MR) is 42.4 cm³/mol. The van der Waals surface area contributed by atoms with Crippen molar-refractivity contribution in [2.24, 2.45) is 17.3 Å². The summed E-state index contributed by atoms with van der Waals surface area (Å²) in [6.45, 7) is 4.56. The molecule has 1 fully saturated rings. The van der Waals surface area contributed by atoms with E-state index in [-0.39, 0.29) is 0 Å². The van der Waals surface area contributed by atoms with Crippen LogP contribution in [-0.2, 0) is 0 Å². The number of hydrogen-bond donors (Lipinski definition) is 0. The van der Waals surface area contributed by atoms with E-state index in [0.29, 0.717) is 11.3 Å². The smallest absolute Gasteiger partial charge is 0.0327 e. The Morgan fingerprint density at radius 1 is 1.40 bits per heavy atom. The minimum absolute atomic E-state index is 0.537. The predicted octanol–water partition coefficient (Wildman–Crippen LogP) is 2.45. The largest absolute Gasteiger partial charge is 0.0990 e. The lowest BCUT2D eigenvalue weighted by Gasteiger charge is -2.11. The molecule has 54 valence electrons. The van der Waals surface area contributed by atoms with E-state index in [2.05, 4.69) is 25.7 Å². The molecule has 0 N–H and O–H groups in total. The van der Waals surface area contributed by atoms with Crippen LogP contribution in [0.25, 0.3) is 0 Å². The Bertz CT molecular complexity index is 198. The van der Waals surface area contributed by atoms with Crippen molar-refractivity contribution >= 4 is 0 Å². The molecule has 0 radical (unpaired) electrons. The fourth-order valence-electron chi connectivity index (χ4n) is 1.65. The number of rotatable bonds is 1. The molecule has 10 heavy (non-hydrogen) atoms. The van der Waals surface area contributed by atoms with Crippen LogP contribution in [0, 0.1) is 29.1 Å². The van der Waals surface area contributed by atoms with Crippen molar-refractivity contribution in [3.05, 3.63) is 0 Å². The summed E-state index contributed by atoms with van der Waals surface area (Å²) in [7, 11) is 0. The molecule has 0 aromatic carbocycles. The second-order valence-corrected chi connectivity index (χ2v) is 4.10. The summed E-state index contributed by atoms with van der Waals surface area (Å²) in [6.07, 6.45) is 4.09. The summed E-state index contributed by atoms with van der Waals surface area (Å²) < 4.78 is 0. The van der Waals surface area contributed by atoms with Gasteiger partial charge < -0.3 is 0 Å². The first-order valence-corrected chi connectivity index (χ1v) is 4.25. The van der Waals surface area contributed by atoms with Crippen LogP contribution in [0.4, 0.5) is 0 Å². The van der Waals surface area contributed by atoms with Crippen LogP contribution >= 0.6 is 0 Å². The molecule has 2 aliphatic rings. The monoisotopic (exact) mass is 134 g/mol. The van der Waals surface area contributed by atoms with Crippen molar-refractivity contribution in [1.82, 2.24) is 0 Å². The number of hydrogen-bond acceptors (Lipinski definition) is 0. The van der Waals surface area contributed by atoms with Gasteiger partial charge in [-0.15, -0.1) is 0 Å². The van der Waals surface area contributed by atoms with Gasteiger partial charge in [-0.05, 0) is 25.2 Å². The third kappa shape index (κ3) is 0.850. The van der Waals surface area contributed by atoms with Crippen molar-refractivity contribution < 1.29 is 0 Å². The fourth-order valence-corrected chi connectivity index (χ4v) is 1.65. The fraction of sp³-hybridized carbons (Fsp3) is 0.800. The zero-order valence-electron chi connectivity index (χ0n) is 6.78.